The molecule has 0 unspecified atom stereocenters. The Kier molecular flexibility index (Phi) is 5.11. The summed E-state index contributed by atoms with van der Waals surface area (Å²) in [4.78, 5) is 0. The summed E-state index contributed by atoms with van der Waals surface area (Å²) in [6, 6.07) is 0. The van der Waals surface area contributed by atoms with Gasteiger partial charge in [-0.1, -0.05) is 0 Å². The van der Waals surface area contributed by atoms with Crippen molar-refractivity contribution in [2.24, 2.45) is 5.92 Å². The van der Waals surface area contributed by atoms with E-state index in [2.05, 4.69) is 0 Å². The zero-order chi connectivity index (χ0) is 14.0. The molecule has 2 rings (SSSR count). The van der Waals surface area contributed by atoms with Crippen molar-refractivity contribution >= 4 is 21.8 Å². The molecule has 2 heterocycles. The molecule has 2 saturated heterocycles. The molecule has 0 aromatic heterocycles. The highest BCUT2D eigenvalue weighted by molar-refractivity contribution is 7.86. The van der Waals surface area contributed by atoms with Gasteiger partial charge in [-0.25, -0.2) is 0 Å². The minimum atomic E-state index is -3.34. The van der Waals surface area contributed by atoms with Crippen LogP contribution in [0.25, 0.3) is 0 Å². The zero-order valence-electron chi connectivity index (χ0n) is 11.6. The molecule has 2 aliphatic rings. The third-order valence-electron chi connectivity index (χ3n) is 3.83. The van der Waals surface area contributed by atoms with Crippen molar-refractivity contribution in [1.82, 2.24) is 8.61 Å². The Hall–Kier alpha value is 0.120. The van der Waals surface area contributed by atoms with Gasteiger partial charge < -0.3 is 4.74 Å². The van der Waals surface area contributed by atoms with Crippen molar-refractivity contribution in [2.45, 2.75) is 38.9 Å². The summed E-state index contributed by atoms with van der Waals surface area (Å²) in [5.41, 5.74) is 0. The van der Waals surface area contributed by atoms with E-state index in [0.29, 0.717) is 38.0 Å². The smallest absolute Gasteiger partial charge is 0.282 e. The quantitative estimate of drug-likeness (QED) is 0.738. The van der Waals surface area contributed by atoms with Gasteiger partial charge in [0.1, 0.15) is 0 Å². The fourth-order valence-corrected chi connectivity index (χ4v) is 4.88. The number of alkyl halides is 1. The molecule has 0 spiro atoms. The predicted octanol–water partition coefficient (Wildman–Crippen LogP) is 1.29. The van der Waals surface area contributed by atoms with Crippen LogP contribution in [-0.4, -0.2) is 61.3 Å². The molecule has 0 bridgehead atoms. The van der Waals surface area contributed by atoms with Gasteiger partial charge in [-0.3, -0.25) is 0 Å². The van der Waals surface area contributed by atoms with Crippen molar-refractivity contribution in [2.75, 3.05) is 32.1 Å². The van der Waals surface area contributed by atoms with Gasteiger partial charge >= 0.3 is 0 Å². The largest absolute Gasteiger partial charge is 0.373 e. The van der Waals surface area contributed by atoms with Crippen LogP contribution in [0, 0.1) is 5.92 Å². The number of piperidine rings is 1. The van der Waals surface area contributed by atoms with Crippen LogP contribution in [-0.2, 0) is 14.9 Å². The van der Waals surface area contributed by atoms with Crippen LogP contribution in [0.3, 0.4) is 0 Å². The van der Waals surface area contributed by atoms with Gasteiger partial charge in [-0.15, -0.1) is 11.6 Å². The van der Waals surface area contributed by atoms with Gasteiger partial charge in [0.15, 0.2) is 0 Å². The molecule has 0 amide bonds. The van der Waals surface area contributed by atoms with Crippen LogP contribution in [0.5, 0.6) is 0 Å². The summed E-state index contributed by atoms with van der Waals surface area (Å²) < 4.78 is 33.9. The second-order valence-electron chi connectivity index (χ2n) is 5.58. The Morgan fingerprint density at radius 3 is 2.11 bits per heavy atom. The van der Waals surface area contributed by atoms with Gasteiger partial charge in [0.2, 0.25) is 0 Å². The maximum absolute atomic E-state index is 12.6. The number of morpholine rings is 1. The molecule has 2 aliphatic heterocycles. The molecule has 0 radical (unpaired) electrons. The summed E-state index contributed by atoms with van der Waals surface area (Å²) in [5, 5.41) is 0. The van der Waals surface area contributed by atoms with Crippen molar-refractivity contribution in [1.29, 1.82) is 0 Å². The summed E-state index contributed by atoms with van der Waals surface area (Å²) >= 11 is 5.83. The highest BCUT2D eigenvalue weighted by atomic mass is 35.5. The molecule has 7 heteroatoms. The molecule has 112 valence electrons. The van der Waals surface area contributed by atoms with Gasteiger partial charge in [0, 0.05) is 32.1 Å². The summed E-state index contributed by atoms with van der Waals surface area (Å²) in [5.74, 6) is 1.08. The highest BCUT2D eigenvalue weighted by Gasteiger charge is 2.36. The fraction of sp³-hybridized carbons (Fsp3) is 1.00. The summed E-state index contributed by atoms with van der Waals surface area (Å²) in [6.07, 6.45) is 1.63. The van der Waals surface area contributed by atoms with Gasteiger partial charge in [0.05, 0.1) is 12.2 Å². The monoisotopic (exact) mass is 310 g/mol. The maximum atomic E-state index is 12.6. The summed E-state index contributed by atoms with van der Waals surface area (Å²) in [6.45, 7) is 5.89. The number of nitrogens with zero attached hydrogens (tertiary/aromatic N) is 2. The lowest BCUT2D eigenvalue weighted by Crippen LogP contribution is -2.54. The first-order chi connectivity index (χ1) is 8.93. The minimum Gasteiger partial charge on any atom is -0.373 e. The van der Waals surface area contributed by atoms with Crippen molar-refractivity contribution in [3.63, 3.8) is 0 Å². The van der Waals surface area contributed by atoms with E-state index in [1.165, 1.54) is 0 Å². The van der Waals surface area contributed by atoms with Crippen molar-refractivity contribution in [3.8, 4) is 0 Å². The number of rotatable bonds is 3. The predicted molar refractivity (Wildman–Crippen MR) is 75.5 cm³/mol. The lowest BCUT2D eigenvalue weighted by molar-refractivity contribution is -0.0456. The molecule has 0 saturated carbocycles. The Labute approximate surface area is 121 Å². The van der Waals surface area contributed by atoms with E-state index < -0.39 is 10.2 Å². The number of hydrogen-bond donors (Lipinski definition) is 0. The first-order valence-corrected chi connectivity index (χ1v) is 8.83. The molecule has 0 aromatic carbocycles. The Morgan fingerprint density at radius 1 is 1.11 bits per heavy atom. The standard InChI is InChI=1S/C12H23ClN2O3S/c1-10-8-15(9-11(2)18-10)19(16,17)14-5-3-12(7-13)4-6-14/h10-12H,3-9H2,1-2H3/t10-,11+. The Bertz CT molecular complexity index is 386. The number of hydrogen-bond acceptors (Lipinski definition) is 3. The van der Waals surface area contributed by atoms with E-state index in [9.17, 15) is 8.42 Å². The highest BCUT2D eigenvalue weighted by Crippen LogP contribution is 2.24. The van der Waals surface area contributed by atoms with Crippen LogP contribution in [0.15, 0.2) is 0 Å². The second-order valence-corrected chi connectivity index (χ2v) is 7.82. The number of halogens is 1. The van der Waals surface area contributed by atoms with E-state index in [1.54, 1.807) is 8.61 Å². The van der Waals surface area contributed by atoms with E-state index in [-0.39, 0.29) is 12.2 Å². The zero-order valence-corrected chi connectivity index (χ0v) is 13.2. The van der Waals surface area contributed by atoms with E-state index in [4.69, 9.17) is 16.3 Å². The van der Waals surface area contributed by atoms with Crippen molar-refractivity contribution in [3.05, 3.63) is 0 Å². The maximum Gasteiger partial charge on any atom is 0.282 e. The second kappa shape index (κ2) is 6.26. The molecule has 2 atom stereocenters. The van der Waals surface area contributed by atoms with Gasteiger partial charge in [-0.05, 0) is 32.6 Å². The third-order valence-corrected chi connectivity index (χ3v) is 6.24. The topological polar surface area (TPSA) is 49.9 Å². The third kappa shape index (κ3) is 3.61. The molecule has 0 aliphatic carbocycles. The molecular formula is C12H23ClN2O3S. The van der Waals surface area contributed by atoms with Crippen molar-refractivity contribution < 1.29 is 13.2 Å². The van der Waals surface area contributed by atoms with Gasteiger partial charge in [-0.2, -0.15) is 17.0 Å². The molecule has 0 N–H and O–H groups in total. The van der Waals surface area contributed by atoms with E-state index >= 15 is 0 Å². The van der Waals surface area contributed by atoms with Gasteiger partial charge in [0.25, 0.3) is 10.2 Å². The van der Waals surface area contributed by atoms with E-state index in [1.807, 2.05) is 13.8 Å². The molecular weight excluding hydrogens is 288 g/mol. The molecule has 5 nitrogen and oxygen atoms in total. The SMILES string of the molecule is C[C@@H]1CN(S(=O)(=O)N2CCC(CCl)CC2)C[C@H](C)O1. The van der Waals surface area contributed by atoms with E-state index in [0.717, 1.165) is 12.8 Å². The molecule has 2 fully saturated rings. The van der Waals surface area contributed by atoms with Crippen LogP contribution >= 0.6 is 11.6 Å². The normalized spacial score (nSPS) is 32.6. The molecule has 19 heavy (non-hydrogen) atoms. The Balaban J connectivity index is 2.02. The average Bonchev–Trinajstić information content (AvgIpc) is 2.37. The lowest BCUT2D eigenvalue weighted by Gasteiger charge is -2.39. The Morgan fingerprint density at radius 2 is 1.63 bits per heavy atom. The number of ether oxygens (including phenoxy) is 1. The van der Waals surface area contributed by atoms with Crippen LogP contribution < -0.4 is 0 Å². The first kappa shape index (κ1) is 15.5. The molecule has 0 aromatic rings. The first-order valence-electron chi connectivity index (χ1n) is 6.90. The minimum absolute atomic E-state index is 0.0427. The summed E-state index contributed by atoms with van der Waals surface area (Å²) in [7, 11) is -3.34. The van der Waals surface area contributed by atoms with Crippen LogP contribution in [0.4, 0.5) is 0 Å². The lowest BCUT2D eigenvalue weighted by atomic mass is 10.0. The average molecular weight is 311 g/mol. The fourth-order valence-electron chi connectivity index (χ4n) is 2.78. The van der Waals surface area contributed by atoms with Crippen LogP contribution in [0.1, 0.15) is 26.7 Å². The van der Waals surface area contributed by atoms with Crippen LogP contribution in [0.2, 0.25) is 0 Å².